The summed E-state index contributed by atoms with van der Waals surface area (Å²) >= 11 is 0. The summed E-state index contributed by atoms with van der Waals surface area (Å²) in [6, 6.07) is 18.5. The molecule has 4 aromatic rings. The van der Waals surface area contributed by atoms with Crippen LogP contribution in [-0.4, -0.2) is 26.9 Å². The van der Waals surface area contributed by atoms with E-state index in [1.807, 2.05) is 49.4 Å². The van der Waals surface area contributed by atoms with Crippen molar-refractivity contribution in [3.8, 4) is 28.5 Å². The smallest absolute Gasteiger partial charge is 0.310 e. The Morgan fingerprint density at radius 1 is 0.850 bits per heavy atom. The summed E-state index contributed by atoms with van der Waals surface area (Å²) in [5, 5.41) is 18.0. The van der Waals surface area contributed by atoms with Crippen LogP contribution in [0.5, 0.6) is 0 Å². The van der Waals surface area contributed by atoms with Crippen LogP contribution in [0.3, 0.4) is 0 Å². The van der Waals surface area contributed by atoms with E-state index >= 15 is 0 Å². The number of carbonyl (C=O) groups excluding carboxylic acids is 2. The molecule has 0 aliphatic heterocycles. The number of anilines is 3. The molecule has 0 unspecified atom stereocenters. The summed E-state index contributed by atoms with van der Waals surface area (Å²) in [5.41, 5.74) is 5.46. The summed E-state index contributed by atoms with van der Waals surface area (Å²) in [4.78, 5) is 38.0. The summed E-state index contributed by atoms with van der Waals surface area (Å²) in [6.45, 7) is 5.56. The quantitative estimate of drug-likeness (QED) is 0.256. The first-order valence-corrected chi connectivity index (χ1v) is 13.0. The van der Waals surface area contributed by atoms with Gasteiger partial charge < -0.3 is 16.0 Å². The number of pyridine rings is 3. The number of hydrogen-bond acceptors (Lipinski definition) is 6. The summed E-state index contributed by atoms with van der Waals surface area (Å²) < 4.78 is 0. The SMILES string of the molecule is Cc1ccc(NC(=O)Nc2ccnc(C(C)(C)C#N)c2)cc1-c1ccnc(-c2ccnc(NC(=O)C3CC3)c2)c1. The van der Waals surface area contributed by atoms with Crippen LogP contribution < -0.4 is 16.0 Å². The molecule has 3 aromatic heterocycles. The van der Waals surface area contributed by atoms with E-state index in [1.165, 1.54) is 0 Å². The number of carbonyl (C=O) groups is 2. The van der Waals surface area contributed by atoms with E-state index in [2.05, 4.69) is 37.0 Å². The second kappa shape index (κ2) is 10.9. The Balaban J connectivity index is 1.33. The Kier molecular flexibility index (Phi) is 7.25. The van der Waals surface area contributed by atoms with Gasteiger partial charge in [0, 0.05) is 41.4 Å². The van der Waals surface area contributed by atoms with Crippen LogP contribution in [0.1, 0.15) is 37.9 Å². The van der Waals surface area contributed by atoms with E-state index in [9.17, 15) is 14.9 Å². The largest absolute Gasteiger partial charge is 0.323 e. The van der Waals surface area contributed by atoms with Gasteiger partial charge in [0.15, 0.2) is 0 Å². The van der Waals surface area contributed by atoms with Crippen LogP contribution in [0.4, 0.5) is 22.0 Å². The number of amides is 3. The molecule has 1 aliphatic rings. The van der Waals surface area contributed by atoms with Crippen LogP contribution in [-0.2, 0) is 10.2 Å². The minimum Gasteiger partial charge on any atom is -0.310 e. The molecule has 0 saturated heterocycles. The highest BCUT2D eigenvalue weighted by Crippen LogP contribution is 2.32. The van der Waals surface area contributed by atoms with Crippen molar-refractivity contribution < 1.29 is 9.59 Å². The van der Waals surface area contributed by atoms with E-state index < -0.39 is 11.4 Å². The van der Waals surface area contributed by atoms with Crippen molar-refractivity contribution >= 4 is 29.1 Å². The van der Waals surface area contributed by atoms with Crippen molar-refractivity contribution in [2.75, 3.05) is 16.0 Å². The molecule has 1 saturated carbocycles. The first-order valence-electron chi connectivity index (χ1n) is 13.0. The number of hydrogen-bond donors (Lipinski definition) is 3. The molecule has 9 nitrogen and oxygen atoms in total. The van der Waals surface area contributed by atoms with E-state index in [0.29, 0.717) is 22.9 Å². The van der Waals surface area contributed by atoms with Gasteiger partial charge in [-0.05, 0) is 98.8 Å². The zero-order valence-corrected chi connectivity index (χ0v) is 22.5. The molecular formula is C31H29N7O2. The second-order valence-electron chi connectivity index (χ2n) is 10.4. The number of rotatable bonds is 7. The van der Waals surface area contributed by atoms with Gasteiger partial charge in [0.1, 0.15) is 5.82 Å². The summed E-state index contributed by atoms with van der Waals surface area (Å²) in [5.74, 6) is 0.606. The molecule has 0 atom stereocenters. The maximum absolute atomic E-state index is 12.8. The van der Waals surface area contributed by atoms with Gasteiger partial charge in [0.2, 0.25) is 5.91 Å². The molecule has 5 rings (SSSR count). The number of nitriles is 1. The number of benzene rings is 1. The standard InChI is InChI=1S/C31H29N7O2/c1-19-4-7-23(36-30(40)37-24-10-13-34-27(17-24)31(2,3)18-32)16-25(19)21-8-11-33-26(14-21)22-9-12-35-28(15-22)38-29(39)20-5-6-20/h4,7-17,20H,5-6H2,1-3H3,(H,35,38,39)(H2,34,36,37,40). The van der Waals surface area contributed by atoms with E-state index in [1.54, 1.807) is 44.6 Å². The molecule has 1 aromatic carbocycles. The van der Waals surface area contributed by atoms with Gasteiger partial charge in [-0.2, -0.15) is 5.26 Å². The predicted octanol–water partition coefficient (Wildman–Crippen LogP) is 6.31. The number of nitrogens with one attached hydrogen (secondary N) is 3. The lowest BCUT2D eigenvalue weighted by atomic mass is 9.91. The van der Waals surface area contributed by atoms with Gasteiger partial charge in [-0.3, -0.25) is 14.8 Å². The van der Waals surface area contributed by atoms with Gasteiger partial charge in [0.25, 0.3) is 0 Å². The minimum atomic E-state index is -0.772. The van der Waals surface area contributed by atoms with Crippen LogP contribution in [0.25, 0.3) is 22.4 Å². The van der Waals surface area contributed by atoms with Gasteiger partial charge in [0.05, 0.1) is 22.9 Å². The van der Waals surface area contributed by atoms with Gasteiger partial charge >= 0.3 is 6.03 Å². The summed E-state index contributed by atoms with van der Waals surface area (Å²) in [6.07, 6.45) is 6.82. The topological polar surface area (TPSA) is 133 Å². The number of nitrogens with zero attached hydrogens (tertiary/aromatic N) is 4. The normalized spacial score (nSPS) is 12.8. The number of aromatic nitrogens is 3. The average molecular weight is 532 g/mol. The maximum atomic E-state index is 12.8. The molecule has 0 bridgehead atoms. The van der Waals surface area contributed by atoms with Crippen molar-refractivity contribution in [1.82, 2.24) is 15.0 Å². The van der Waals surface area contributed by atoms with Gasteiger partial charge in [-0.15, -0.1) is 0 Å². The third-order valence-corrected chi connectivity index (χ3v) is 6.76. The molecule has 1 fully saturated rings. The molecular weight excluding hydrogens is 502 g/mol. The Bertz CT molecular complexity index is 1640. The Morgan fingerprint density at radius 2 is 1.55 bits per heavy atom. The zero-order valence-electron chi connectivity index (χ0n) is 22.5. The minimum absolute atomic E-state index is 0.00529. The average Bonchev–Trinajstić information content (AvgIpc) is 3.80. The molecule has 3 heterocycles. The van der Waals surface area contributed by atoms with Crippen LogP contribution in [0, 0.1) is 24.2 Å². The fraction of sp³-hybridized carbons (Fsp3) is 0.226. The number of aryl methyl sites for hydroxylation is 1. The highest BCUT2D eigenvalue weighted by molar-refractivity contribution is 6.00. The molecule has 200 valence electrons. The molecule has 40 heavy (non-hydrogen) atoms. The molecule has 3 N–H and O–H groups in total. The summed E-state index contributed by atoms with van der Waals surface area (Å²) in [7, 11) is 0. The first-order chi connectivity index (χ1) is 19.2. The van der Waals surface area contributed by atoms with Crippen molar-refractivity contribution in [3.63, 3.8) is 0 Å². The second-order valence-corrected chi connectivity index (χ2v) is 10.4. The third kappa shape index (κ3) is 6.13. The molecule has 0 radical (unpaired) electrons. The lowest BCUT2D eigenvalue weighted by molar-refractivity contribution is -0.117. The van der Waals surface area contributed by atoms with Crippen molar-refractivity contribution in [1.29, 1.82) is 5.26 Å². The zero-order chi connectivity index (χ0) is 28.3. The van der Waals surface area contributed by atoms with E-state index in [-0.39, 0.29) is 11.8 Å². The monoisotopic (exact) mass is 531 g/mol. The predicted molar refractivity (Wildman–Crippen MR) is 155 cm³/mol. The van der Waals surface area contributed by atoms with Gasteiger partial charge in [-0.1, -0.05) is 6.07 Å². The molecule has 0 spiro atoms. The van der Waals surface area contributed by atoms with Crippen molar-refractivity contribution in [3.05, 3.63) is 84.4 Å². The van der Waals surface area contributed by atoms with E-state index in [4.69, 9.17) is 0 Å². The fourth-order valence-corrected chi connectivity index (χ4v) is 4.20. The highest BCUT2D eigenvalue weighted by atomic mass is 16.2. The lowest BCUT2D eigenvalue weighted by Gasteiger charge is -2.16. The van der Waals surface area contributed by atoms with Crippen LogP contribution in [0.15, 0.2) is 73.2 Å². The van der Waals surface area contributed by atoms with Crippen molar-refractivity contribution in [2.24, 2.45) is 5.92 Å². The van der Waals surface area contributed by atoms with Gasteiger partial charge in [-0.25, -0.2) is 9.78 Å². The Hall–Kier alpha value is -5.10. The maximum Gasteiger partial charge on any atom is 0.323 e. The highest BCUT2D eigenvalue weighted by Gasteiger charge is 2.29. The van der Waals surface area contributed by atoms with Crippen LogP contribution in [0.2, 0.25) is 0 Å². The van der Waals surface area contributed by atoms with Crippen LogP contribution >= 0.6 is 0 Å². The molecule has 3 amide bonds. The Labute approximate surface area is 232 Å². The first kappa shape index (κ1) is 26.5. The fourth-order valence-electron chi connectivity index (χ4n) is 4.20. The lowest BCUT2D eigenvalue weighted by Crippen LogP contribution is -2.21. The number of urea groups is 1. The molecule has 1 aliphatic carbocycles. The third-order valence-electron chi connectivity index (χ3n) is 6.76. The van der Waals surface area contributed by atoms with Crippen molar-refractivity contribution in [2.45, 2.75) is 39.0 Å². The molecule has 9 heteroatoms. The van der Waals surface area contributed by atoms with E-state index in [0.717, 1.165) is 40.8 Å². The Morgan fingerprint density at radius 3 is 2.30 bits per heavy atom.